The van der Waals surface area contributed by atoms with Crippen molar-refractivity contribution in [3.05, 3.63) is 0 Å². The van der Waals surface area contributed by atoms with Crippen molar-refractivity contribution in [3.63, 3.8) is 0 Å². The number of amidine groups is 1. The van der Waals surface area contributed by atoms with Crippen LogP contribution in [0.5, 0.6) is 0 Å². The van der Waals surface area contributed by atoms with Gasteiger partial charge in [0.2, 0.25) is 0 Å². The first-order chi connectivity index (χ1) is 5.70. The Labute approximate surface area is 75.5 Å². The SMILES string of the molecule is CN1C=NC(=N)C2C(Cl)C=NC21. The molecule has 5 heteroatoms. The molecule has 2 rings (SSSR count). The third kappa shape index (κ3) is 0.948. The highest BCUT2D eigenvalue weighted by Crippen LogP contribution is 2.27. The lowest BCUT2D eigenvalue weighted by atomic mass is 10.0. The summed E-state index contributed by atoms with van der Waals surface area (Å²) in [6.07, 6.45) is 3.30. The van der Waals surface area contributed by atoms with E-state index in [1.54, 1.807) is 12.6 Å². The molecule has 64 valence electrons. The summed E-state index contributed by atoms with van der Waals surface area (Å²) in [6.45, 7) is 0. The van der Waals surface area contributed by atoms with Gasteiger partial charge in [-0.25, -0.2) is 4.99 Å². The van der Waals surface area contributed by atoms with Crippen molar-refractivity contribution in [3.8, 4) is 0 Å². The fourth-order valence-electron chi connectivity index (χ4n) is 1.48. The third-order valence-corrected chi connectivity index (χ3v) is 2.54. The molecular weight excluding hydrogens is 176 g/mol. The molecule has 0 aromatic rings. The van der Waals surface area contributed by atoms with Crippen molar-refractivity contribution < 1.29 is 0 Å². The first-order valence-electron chi connectivity index (χ1n) is 3.72. The Hall–Kier alpha value is -0.900. The number of nitrogens with zero attached hydrogens (tertiary/aromatic N) is 3. The summed E-state index contributed by atoms with van der Waals surface area (Å²) in [4.78, 5) is 10.0. The second-order valence-electron chi connectivity index (χ2n) is 2.98. The van der Waals surface area contributed by atoms with Gasteiger partial charge in [-0.05, 0) is 0 Å². The van der Waals surface area contributed by atoms with E-state index in [0.29, 0.717) is 5.84 Å². The molecule has 0 amide bonds. The molecule has 2 heterocycles. The van der Waals surface area contributed by atoms with Gasteiger partial charge in [0.05, 0.1) is 17.6 Å². The molecular formula is C7H9ClN4. The summed E-state index contributed by atoms with van der Waals surface area (Å²) >= 11 is 5.96. The number of halogens is 1. The third-order valence-electron chi connectivity index (χ3n) is 2.16. The van der Waals surface area contributed by atoms with Gasteiger partial charge >= 0.3 is 0 Å². The fourth-order valence-corrected chi connectivity index (χ4v) is 1.79. The Kier molecular flexibility index (Phi) is 1.65. The Morgan fingerprint density at radius 1 is 1.67 bits per heavy atom. The molecule has 0 spiro atoms. The van der Waals surface area contributed by atoms with Crippen molar-refractivity contribution in [1.82, 2.24) is 4.90 Å². The monoisotopic (exact) mass is 184 g/mol. The van der Waals surface area contributed by atoms with Gasteiger partial charge in [0.15, 0.2) is 0 Å². The summed E-state index contributed by atoms with van der Waals surface area (Å²) < 4.78 is 0. The summed E-state index contributed by atoms with van der Waals surface area (Å²) in [7, 11) is 1.89. The maximum absolute atomic E-state index is 7.55. The molecule has 4 nitrogen and oxygen atoms in total. The highest BCUT2D eigenvalue weighted by Gasteiger charge is 2.39. The zero-order valence-electron chi connectivity index (χ0n) is 6.61. The van der Waals surface area contributed by atoms with Crippen LogP contribution in [0.3, 0.4) is 0 Å². The van der Waals surface area contributed by atoms with E-state index in [4.69, 9.17) is 17.0 Å². The van der Waals surface area contributed by atoms with Crippen LogP contribution in [-0.4, -0.2) is 41.9 Å². The number of aliphatic imine (C=N–C) groups is 2. The van der Waals surface area contributed by atoms with Crippen LogP contribution in [0.15, 0.2) is 9.98 Å². The van der Waals surface area contributed by atoms with Crippen LogP contribution in [0.4, 0.5) is 0 Å². The molecule has 0 bridgehead atoms. The molecule has 0 fully saturated rings. The quantitative estimate of drug-likeness (QED) is 0.550. The average molecular weight is 185 g/mol. The van der Waals surface area contributed by atoms with Gasteiger partial charge in [-0.3, -0.25) is 10.4 Å². The molecule has 2 aliphatic heterocycles. The lowest BCUT2D eigenvalue weighted by Crippen LogP contribution is -2.43. The van der Waals surface area contributed by atoms with Gasteiger partial charge < -0.3 is 4.90 Å². The topological polar surface area (TPSA) is 51.8 Å². The van der Waals surface area contributed by atoms with E-state index in [1.807, 2.05) is 11.9 Å². The number of nitrogens with one attached hydrogen (secondary N) is 1. The molecule has 0 saturated heterocycles. The van der Waals surface area contributed by atoms with Gasteiger partial charge in [0, 0.05) is 13.3 Å². The largest absolute Gasteiger partial charge is 0.343 e. The standard InChI is InChI=1S/C7H9ClN4/c1-12-3-11-6(9)5-4(8)2-10-7(5)12/h2-5,7,9H,1H3. The fraction of sp³-hybridized carbons (Fsp3) is 0.571. The molecule has 1 N–H and O–H groups in total. The Morgan fingerprint density at radius 3 is 3.08 bits per heavy atom. The highest BCUT2D eigenvalue weighted by molar-refractivity contribution is 6.30. The molecule has 0 aromatic carbocycles. The second-order valence-corrected chi connectivity index (χ2v) is 3.48. The minimum Gasteiger partial charge on any atom is -0.343 e. The van der Waals surface area contributed by atoms with Crippen molar-refractivity contribution in [2.24, 2.45) is 15.9 Å². The Bertz CT molecular complexity index is 273. The molecule has 3 unspecified atom stereocenters. The van der Waals surface area contributed by atoms with Crippen LogP contribution in [0.2, 0.25) is 0 Å². The zero-order valence-corrected chi connectivity index (χ0v) is 7.36. The van der Waals surface area contributed by atoms with Crippen molar-refractivity contribution in [2.45, 2.75) is 11.5 Å². The molecule has 12 heavy (non-hydrogen) atoms. The summed E-state index contributed by atoms with van der Waals surface area (Å²) in [6, 6.07) is 0. The van der Waals surface area contributed by atoms with Crippen LogP contribution in [0.25, 0.3) is 0 Å². The van der Waals surface area contributed by atoms with E-state index in [0.717, 1.165) is 0 Å². The first kappa shape index (κ1) is 7.73. The predicted molar refractivity (Wildman–Crippen MR) is 49.4 cm³/mol. The van der Waals surface area contributed by atoms with Gasteiger partial charge in [-0.15, -0.1) is 11.6 Å². The van der Waals surface area contributed by atoms with E-state index < -0.39 is 0 Å². The highest BCUT2D eigenvalue weighted by atomic mass is 35.5. The van der Waals surface area contributed by atoms with Crippen molar-refractivity contribution in [2.75, 3.05) is 7.05 Å². The van der Waals surface area contributed by atoms with Gasteiger partial charge in [0.1, 0.15) is 12.0 Å². The number of hydrogen-bond donors (Lipinski definition) is 1. The molecule has 3 atom stereocenters. The maximum atomic E-state index is 7.55. The average Bonchev–Trinajstić information content (AvgIpc) is 2.42. The van der Waals surface area contributed by atoms with E-state index in [2.05, 4.69) is 9.98 Å². The summed E-state index contributed by atoms with van der Waals surface area (Å²) in [5.74, 6) is 0.261. The number of fused-ring (bicyclic) bond motifs is 1. The van der Waals surface area contributed by atoms with Crippen LogP contribution in [-0.2, 0) is 0 Å². The van der Waals surface area contributed by atoms with E-state index in [1.165, 1.54) is 0 Å². The minimum absolute atomic E-state index is 0.0162. The van der Waals surface area contributed by atoms with Gasteiger partial charge in [-0.2, -0.15) is 0 Å². The van der Waals surface area contributed by atoms with E-state index >= 15 is 0 Å². The Morgan fingerprint density at radius 2 is 2.42 bits per heavy atom. The lowest BCUT2D eigenvalue weighted by Gasteiger charge is -2.30. The summed E-state index contributed by atoms with van der Waals surface area (Å²) in [5, 5.41) is 7.37. The molecule has 0 aliphatic carbocycles. The van der Waals surface area contributed by atoms with Crippen molar-refractivity contribution in [1.29, 1.82) is 5.41 Å². The van der Waals surface area contributed by atoms with Gasteiger partial charge in [-0.1, -0.05) is 0 Å². The van der Waals surface area contributed by atoms with E-state index in [9.17, 15) is 0 Å². The first-order valence-corrected chi connectivity index (χ1v) is 4.16. The van der Waals surface area contributed by atoms with Crippen molar-refractivity contribution >= 4 is 30.0 Å². The van der Waals surface area contributed by atoms with E-state index in [-0.39, 0.29) is 17.5 Å². The van der Waals surface area contributed by atoms with Crippen LogP contribution >= 0.6 is 11.6 Å². The lowest BCUT2D eigenvalue weighted by molar-refractivity contribution is 0.337. The summed E-state index contributed by atoms with van der Waals surface area (Å²) in [5.41, 5.74) is 0. The zero-order chi connectivity index (χ0) is 8.72. The molecule has 0 saturated carbocycles. The maximum Gasteiger partial charge on any atom is 0.132 e. The second kappa shape index (κ2) is 2.55. The number of rotatable bonds is 0. The Balaban J connectivity index is 2.33. The van der Waals surface area contributed by atoms with Gasteiger partial charge in [0.25, 0.3) is 0 Å². The number of hydrogen-bond acceptors (Lipinski definition) is 3. The smallest absolute Gasteiger partial charge is 0.132 e. The van der Waals surface area contributed by atoms with Crippen LogP contribution in [0, 0.1) is 11.3 Å². The molecule has 2 aliphatic rings. The predicted octanol–water partition coefficient (Wildman–Crippen LogP) is 0.571. The molecule has 0 aromatic heterocycles. The number of alkyl halides is 1. The molecule has 0 radical (unpaired) electrons. The normalized spacial score (nSPS) is 39.0. The minimum atomic E-state index is -0.178. The van der Waals surface area contributed by atoms with Crippen LogP contribution < -0.4 is 0 Å². The van der Waals surface area contributed by atoms with Crippen LogP contribution in [0.1, 0.15) is 0 Å².